The molecule has 3 aromatic rings. The van der Waals surface area contributed by atoms with E-state index in [1.54, 1.807) is 49.4 Å². The molecule has 4 rings (SSSR count). The van der Waals surface area contributed by atoms with Crippen LogP contribution in [0.3, 0.4) is 0 Å². The molecule has 1 saturated carbocycles. The van der Waals surface area contributed by atoms with E-state index in [0.29, 0.717) is 11.4 Å². The van der Waals surface area contributed by atoms with Crippen molar-refractivity contribution in [2.75, 3.05) is 10.2 Å². The molecule has 1 atom stereocenters. The minimum absolute atomic E-state index is 0.0174. The molecule has 1 aromatic heterocycles. The molecule has 8 nitrogen and oxygen atoms in total. The molecule has 0 bridgehead atoms. The second-order valence-corrected chi connectivity index (χ2v) is 8.88. The highest BCUT2D eigenvalue weighted by Crippen LogP contribution is 2.31. The van der Waals surface area contributed by atoms with Gasteiger partial charge in [0.2, 0.25) is 17.7 Å². The van der Waals surface area contributed by atoms with Crippen molar-refractivity contribution in [3.63, 3.8) is 0 Å². The summed E-state index contributed by atoms with van der Waals surface area (Å²) in [5, 5.41) is 9.31. The number of aryl methyl sites for hydroxylation is 1. The summed E-state index contributed by atoms with van der Waals surface area (Å²) in [6, 6.07) is 14.9. The Hall–Kier alpha value is -4.01. The van der Waals surface area contributed by atoms with Crippen molar-refractivity contribution in [2.45, 2.75) is 57.5 Å². The van der Waals surface area contributed by atoms with Crippen LogP contribution < -0.4 is 15.5 Å². The maximum absolute atomic E-state index is 15.0. The normalized spacial score (nSPS) is 14.3. The standard InChI is InChI=1S/C27H29FN4O4/c1-18-17-23(31-36-18)30-24(33)15-16-25(34)32(20-11-3-2-4-12-20)26(21-13-7-8-14-22(21)28)27(35)29-19-9-5-6-10-19/h2-4,7-8,11-14,17,19,26H,5-6,9-10,15-16H2,1H3,(H,29,35)(H,30,31,33)/t26-/m0/s1. The highest BCUT2D eigenvalue weighted by molar-refractivity contribution is 6.03. The van der Waals surface area contributed by atoms with E-state index in [1.807, 2.05) is 0 Å². The van der Waals surface area contributed by atoms with Gasteiger partial charge < -0.3 is 15.2 Å². The van der Waals surface area contributed by atoms with Gasteiger partial charge in [0.25, 0.3) is 0 Å². The van der Waals surface area contributed by atoms with Crippen LogP contribution in [0.2, 0.25) is 0 Å². The Labute approximate surface area is 208 Å². The van der Waals surface area contributed by atoms with Gasteiger partial charge in [-0.05, 0) is 38.0 Å². The lowest BCUT2D eigenvalue weighted by Crippen LogP contribution is -2.46. The van der Waals surface area contributed by atoms with E-state index in [-0.39, 0.29) is 30.3 Å². The molecular weight excluding hydrogens is 463 g/mol. The van der Waals surface area contributed by atoms with E-state index in [0.717, 1.165) is 25.7 Å². The molecule has 0 saturated heterocycles. The molecule has 1 fully saturated rings. The molecule has 9 heteroatoms. The highest BCUT2D eigenvalue weighted by Gasteiger charge is 2.35. The van der Waals surface area contributed by atoms with Crippen molar-refractivity contribution in [2.24, 2.45) is 0 Å². The van der Waals surface area contributed by atoms with Crippen molar-refractivity contribution in [3.8, 4) is 0 Å². The van der Waals surface area contributed by atoms with Gasteiger partial charge in [0.05, 0.1) is 0 Å². The second kappa shape index (κ2) is 11.6. The fourth-order valence-corrected chi connectivity index (χ4v) is 4.44. The summed E-state index contributed by atoms with van der Waals surface area (Å²) in [7, 11) is 0. The summed E-state index contributed by atoms with van der Waals surface area (Å²) in [6.07, 6.45) is 3.36. The van der Waals surface area contributed by atoms with Gasteiger partial charge in [-0.3, -0.25) is 19.3 Å². The van der Waals surface area contributed by atoms with E-state index < -0.39 is 29.6 Å². The summed E-state index contributed by atoms with van der Waals surface area (Å²) in [4.78, 5) is 40.9. The number of carbonyl (C=O) groups excluding carboxylic acids is 3. The van der Waals surface area contributed by atoms with Crippen LogP contribution in [0.25, 0.3) is 0 Å². The first-order chi connectivity index (χ1) is 17.4. The lowest BCUT2D eigenvalue weighted by atomic mass is 10.0. The van der Waals surface area contributed by atoms with Crippen LogP contribution >= 0.6 is 0 Å². The maximum Gasteiger partial charge on any atom is 0.248 e. The predicted molar refractivity (Wildman–Crippen MR) is 133 cm³/mol. The molecule has 1 aliphatic carbocycles. The largest absolute Gasteiger partial charge is 0.360 e. The maximum atomic E-state index is 15.0. The molecular formula is C27H29FN4O4. The summed E-state index contributed by atoms with van der Waals surface area (Å²) >= 11 is 0. The zero-order valence-corrected chi connectivity index (χ0v) is 20.1. The summed E-state index contributed by atoms with van der Waals surface area (Å²) < 4.78 is 20.0. The smallest absolute Gasteiger partial charge is 0.248 e. The van der Waals surface area contributed by atoms with Gasteiger partial charge in [-0.25, -0.2) is 4.39 Å². The monoisotopic (exact) mass is 492 g/mol. The third-order valence-corrected chi connectivity index (χ3v) is 6.17. The molecule has 36 heavy (non-hydrogen) atoms. The molecule has 1 aliphatic rings. The fourth-order valence-electron chi connectivity index (χ4n) is 4.44. The minimum Gasteiger partial charge on any atom is -0.360 e. The third-order valence-electron chi connectivity index (χ3n) is 6.17. The van der Waals surface area contributed by atoms with E-state index in [9.17, 15) is 14.4 Å². The van der Waals surface area contributed by atoms with E-state index >= 15 is 4.39 Å². The van der Waals surface area contributed by atoms with Crippen LogP contribution in [0.4, 0.5) is 15.9 Å². The Morgan fingerprint density at radius 3 is 2.42 bits per heavy atom. The zero-order valence-electron chi connectivity index (χ0n) is 20.1. The van der Waals surface area contributed by atoms with Gasteiger partial charge in [-0.2, -0.15) is 0 Å². The van der Waals surface area contributed by atoms with Gasteiger partial charge in [0.1, 0.15) is 17.6 Å². The Kier molecular flexibility index (Phi) is 8.10. The topological polar surface area (TPSA) is 105 Å². The Bertz CT molecular complexity index is 1210. The number of halogens is 1. The average molecular weight is 493 g/mol. The van der Waals surface area contributed by atoms with Gasteiger partial charge in [-0.15, -0.1) is 0 Å². The molecule has 1 heterocycles. The number of aromatic nitrogens is 1. The van der Waals surface area contributed by atoms with E-state index in [4.69, 9.17) is 4.52 Å². The Morgan fingerprint density at radius 2 is 1.75 bits per heavy atom. The quantitative estimate of drug-likeness (QED) is 0.452. The summed E-state index contributed by atoms with van der Waals surface area (Å²) in [6.45, 7) is 1.70. The first-order valence-electron chi connectivity index (χ1n) is 12.1. The molecule has 0 unspecified atom stereocenters. The number of benzene rings is 2. The summed E-state index contributed by atoms with van der Waals surface area (Å²) in [5.74, 6) is -1.16. The van der Waals surface area contributed by atoms with Gasteiger partial charge in [0.15, 0.2) is 5.82 Å². The van der Waals surface area contributed by atoms with E-state index in [2.05, 4.69) is 15.8 Å². The number of para-hydroxylation sites is 1. The Balaban J connectivity index is 1.61. The van der Waals surface area contributed by atoms with Crippen LogP contribution in [0, 0.1) is 12.7 Å². The number of rotatable bonds is 9. The highest BCUT2D eigenvalue weighted by atomic mass is 19.1. The van der Waals surface area contributed by atoms with Crippen LogP contribution in [-0.4, -0.2) is 28.9 Å². The first kappa shape index (κ1) is 25.1. The van der Waals surface area contributed by atoms with Crippen molar-refractivity contribution in [1.29, 1.82) is 0 Å². The average Bonchev–Trinajstić information content (AvgIpc) is 3.53. The Morgan fingerprint density at radius 1 is 1.06 bits per heavy atom. The molecule has 0 aliphatic heterocycles. The number of amides is 3. The first-order valence-corrected chi connectivity index (χ1v) is 12.1. The SMILES string of the molecule is Cc1cc(NC(=O)CCC(=O)N(c2ccccc2)[C@H](C(=O)NC2CCCC2)c2ccccc2F)no1. The minimum atomic E-state index is -1.23. The van der Waals surface area contributed by atoms with Crippen LogP contribution in [-0.2, 0) is 14.4 Å². The molecule has 0 radical (unpaired) electrons. The van der Waals surface area contributed by atoms with Crippen molar-refractivity contribution >= 4 is 29.2 Å². The van der Waals surface area contributed by atoms with Gasteiger partial charge in [-0.1, -0.05) is 54.4 Å². The lowest BCUT2D eigenvalue weighted by molar-refractivity contribution is -0.127. The number of nitrogens with one attached hydrogen (secondary N) is 2. The van der Waals surface area contributed by atoms with Crippen molar-refractivity contribution < 1.29 is 23.3 Å². The molecule has 0 spiro atoms. The summed E-state index contributed by atoms with van der Waals surface area (Å²) in [5.41, 5.74) is 0.526. The van der Waals surface area contributed by atoms with Crippen LogP contribution in [0.5, 0.6) is 0 Å². The third kappa shape index (κ3) is 6.16. The molecule has 2 aromatic carbocycles. The molecule has 188 valence electrons. The molecule has 2 N–H and O–H groups in total. The van der Waals surface area contributed by atoms with Gasteiger partial charge in [0, 0.05) is 36.2 Å². The molecule has 3 amide bonds. The van der Waals surface area contributed by atoms with Gasteiger partial charge >= 0.3 is 0 Å². The number of nitrogens with zero attached hydrogens (tertiary/aromatic N) is 2. The fraction of sp³-hybridized carbons (Fsp3) is 0.333. The second-order valence-electron chi connectivity index (χ2n) is 8.88. The van der Waals surface area contributed by atoms with Crippen molar-refractivity contribution in [1.82, 2.24) is 10.5 Å². The number of anilines is 2. The van der Waals surface area contributed by atoms with Crippen molar-refractivity contribution in [3.05, 3.63) is 77.8 Å². The van der Waals surface area contributed by atoms with Crippen LogP contribution in [0.15, 0.2) is 65.2 Å². The lowest BCUT2D eigenvalue weighted by Gasteiger charge is -2.32. The number of hydrogen-bond donors (Lipinski definition) is 2. The number of hydrogen-bond acceptors (Lipinski definition) is 5. The predicted octanol–water partition coefficient (Wildman–Crippen LogP) is 4.67. The number of carbonyl (C=O) groups is 3. The zero-order chi connectivity index (χ0) is 25.5. The van der Waals surface area contributed by atoms with Crippen LogP contribution in [0.1, 0.15) is 55.9 Å². The van der Waals surface area contributed by atoms with E-state index in [1.165, 1.54) is 23.1 Å².